The summed E-state index contributed by atoms with van der Waals surface area (Å²) in [6, 6.07) is 11.5. The van der Waals surface area contributed by atoms with Crippen LogP contribution in [0.3, 0.4) is 0 Å². The Bertz CT molecular complexity index is 748. The van der Waals surface area contributed by atoms with Crippen LogP contribution in [0.2, 0.25) is 5.02 Å². The van der Waals surface area contributed by atoms with Gasteiger partial charge in [0.2, 0.25) is 5.91 Å². The summed E-state index contributed by atoms with van der Waals surface area (Å²) in [5, 5.41) is 6.06. The summed E-state index contributed by atoms with van der Waals surface area (Å²) in [7, 11) is 0. The Morgan fingerprint density at radius 3 is 2.48 bits per heavy atom. The largest absolute Gasteiger partial charge is 0.352 e. The molecule has 0 saturated heterocycles. The van der Waals surface area contributed by atoms with Crippen LogP contribution in [0.15, 0.2) is 42.5 Å². The Balaban J connectivity index is 1.65. The van der Waals surface area contributed by atoms with E-state index in [2.05, 4.69) is 10.6 Å². The molecule has 2 rings (SSSR count). The van der Waals surface area contributed by atoms with Crippen LogP contribution in [0.25, 0.3) is 0 Å². The second-order valence-electron chi connectivity index (χ2n) is 5.73. The Morgan fingerprint density at radius 2 is 1.80 bits per heavy atom. The van der Waals surface area contributed by atoms with Crippen LogP contribution >= 0.6 is 11.6 Å². The molecule has 0 saturated carbocycles. The van der Waals surface area contributed by atoms with Gasteiger partial charge in [-0.3, -0.25) is 9.59 Å². The lowest BCUT2D eigenvalue weighted by molar-refractivity contribution is -0.121. The van der Waals surface area contributed by atoms with E-state index in [1.165, 1.54) is 6.07 Å². The highest BCUT2D eigenvalue weighted by Crippen LogP contribution is 2.10. The highest BCUT2D eigenvalue weighted by Gasteiger charge is 2.06. The van der Waals surface area contributed by atoms with Crippen molar-refractivity contribution in [1.29, 1.82) is 0 Å². The number of hydrogen-bond donors (Lipinski definition) is 2. The summed E-state index contributed by atoms with van der Waals surface area (Å²) in [6.07, 6.45) is 0.808. The molecule has 0 aliphatic heterocycles. The molecule has 0 aromatic heterocycles. The molecule has 0 atom stereocenters. The second kappa shape index (κ2) is 9.18. The number of hydrogen-bond acceptors (Lipinski definition) is 2. The van der Waals surface area contributed by atoms with Gasteiger partial charge in [-0.1, -0.05) is 23.7 Å². The van der Waals surface area contributed by atoms with Crippen LogP contribution in [0.1, 0.15) is 34.3 Å². The average molecular weight is 363 g/mol. The number of rotatable bonds is 7. The maximum atomic E-state index is 13.4. The van der Waals surface area contributed by atoms with E-state index < -0.39 is 0 Å². The molecule has 0 aliphatic carbocycles. The van der Waals surface area contributed by atoms with Crippen molar-refractivity contribution >= 4 is 23.4 Å². The zero-order chi connectivity index (χ0) is 18.2. The van der Waals surface area contributed by atoms with E-state index in [9.17, 15) is 14.0 Å². The summed E-state index contributed by atoms with van der Waals surface area (Å²) in [4.78, 5) is 23.7. The van der Waals surface area contributed by atoms with E-state index in [0.29, 0.717) is 34.7 Å². The molecular formula is C19H20ClFN2O2. The van der Waals surface area contributed by atoms with E-state index in [4.69, 9.17) is 11.6 Å². The summed E-state index contributed by atoms with van der Waals surface area (Å²) in [6.45, 7) is 2.37. The fourth-order valence-electron chi connectivity index (χ4n) is 2.19. The van der Waals surface area contributed by atoms with Crippen LogP contribution in [-0.4, -0.2) is 18.4 Å². The van der Waals surface area contributed by atoms with Gasteiger partial charge in [0.1, 0.15) is 5.82 Å². The van der Waals surface area contributed by atoms with E-state index in [-0.39, 0.29) is 30.6 Å². The third-order valence-corrected chi connectivity index (χ3v) is 3.95. The number of aryl methyl sites for hydroxylation is 1. The van der Waals surface area contributed by atoms with Crippen molar-refractivity contribution in [2.24, 2.45) is 0 Å². The Hall–Kier alpha value is -2.40. The van der Waals surface area contributed by atoms with Crippen molar-refractivity contribution < 1.29 is 14.0 Å². The highest BCUT2D eigenvalue weighted by atomic mass is 35.5. The predicted octanol–water partition coefficient (Wildman–Crippen LogP) is 3.61. The lowest BCUT2D eigenvalue weighted by Gasteiger charge is -2.07. The van der Waals surface area contributed by atoms with Gasteiger partial charge in [0, 0.05) is 30.1 Å². The van der Waals surface area contributed by atoms with Crippen LogP contribution in [-0.2, 0) is 11.3 Å². The first-order valence-electron chi connectivity index (χ1n) is 8.01. The minimum atomic E-state index is -0.281. The number of carbonyl (C=O) groups is 2. The van der Waals surface area contributed by atoms with Crippen molar-refractivity contribution in [2.75, 3.05) is 6.54 Å². The fourth-order valence-corrected chi connectivity index (χ4v) is 2.32. The first-order valence-corrected chi connectivity index (χ1v) is 8.39. The lowest BCUT2D eigenvalue weighted by atomic mass is 10.1. The standard InChI is InChI=1S/C19H20ClFN2O2/c1-13-4-5-14(11-17(13)21)12-23-18(24)3-2-10-22-19(25)15-6-8-16(20)9-7-15/h4-9,11H,2-3,10,12H2,1H3,(H,22,25)(H,23,24). The summed E-state index contributed by atoms with van der Waals surface area (Å²) in [5.41, 5.74) is 1.81. The van der Waals surface area contributed by atoms with Crippen LogP contribution in [0.5, 0.6) is 0 Å². The number of amides is 2. The molecule has 2 aromatic carbocycles. The Labute approximate surface area is 151 Å². The van der Waals surface area contributed by atoms with Gasteiger partial charge in [-0.15, -0.1) is 0 Å². The molecule has 25 heavy (non-hydrogen) atoms. The van der Waals surface area contributed by atoms with Gasteiger partial charge in [-0.2, -0.15) is 0 Å². The van der Waals surface area contributed by atoms with Gasteiger partial charge in [0.25, 0.3) is 5.91 Å². The van der Waals surface area contributed by atoms with Crippen molar-refractivity contribution in [1.82, 2.24) is 10.6 Å². The molecule has 0 radical (unpaired) electrons. The van der Waals surface area contributed by atoms with Gasteiger partial charge in [-0.05, 0) is 54.8 Å². The Morgan fingerprint density at radius 1 is 1.08 bits per heavy atom. The molecule has 0 spiro atoms. The maximum absolute atomic E-state index is 13.4. The molecule has 0 fully saturated rings. The number of nitrogens with one attached hydrogen (secondary N) is 2. The summed E-state index contributed by atoms with van der Waals surface area (Å²) >= 11 is 5.77. The molecule has 6 heteroatoms. The molecule has 2 aromatic rings. The van der Waals surface area contributed by atoms with Gasteiger partial charge >= 0.3 is 0 Å². The highest BCUT2D eigenvalue weighted by molar-refractivity contribution is 6.30. The number of carbonyl (C=O) groups excluding carboxylic acids is 2. The zero-order valence-electron chi connectivity index (χ0n) is 13.9. The zero-order valence-corrected chi connectivity index (χ0v) is 14.7. The van der Waals surface area contributed by atoms with E-state index >= 15 is 0 Å². The van der Waals surface area contributed by atoms with Crippen LogP contribution in [0, 0.1) is 12.7 Å². The van der Waals surface area contributed by atoms with Crippen LogP contribution in [0.4, 0.5) is 4.39 Å². The minimum absolute atomic E-state index is 0.137. The van der Waals surface area contributed by atoms with Crippen molar-refractivity contribution in [3.05, 3.63) is 70.0 Å². The molecule has 132 valence electrons. The maximum Gasteiger partial charge on any atom is 0.251 e. The second-order valence-corrected chi connectivity index (χ2v) is 6.16. The topological polar surface area (TPSA) is 58.2 Å². The lowest BCUT2D eigenvalue weighted by Crippen LogP contribution is -2.27. The molecule has 0 unspecified atom stereocenters. The van der Waals surface area contributed by atoms with Gasteiger partial charge in [-0.25, -0.2) is 4.39 Å². The third-order valence-electron chi connectivity index (χ3n) is 3.70. The normalized spacial score (nSPS) is 10.4. The van der Waals surface area contributed by atoms with Crippen molar-refractivity contribution in [3.8, 4) is 0 Å². The van der Waals surface area contributed by atoms with Crippen molar-refractivity contribution in [2.45, 2.75) is 26.3 Å². The third kappa shape index (κ3) is 6.19. The first-order chi connectivity index (χ1) is 12.0. The molecule has 0 aliphatic rings. The van der Waals surface area contributed by atoms with Crippen molar-refractivity contribution in [3.63, 3.8) is 0 Å². The van der Waals surface area contributed by atoms with E-state index in [1.54, 1.807) is 43.3 Å². The predicted molar refractivity (Wildman–Crippen MR) is 96.0 cm³/mol. The first kappa shape index (κ1) is 18.9. The van der Waals surface area contributed by atoms with Gasteiger partial charge in [0.05, 0.1) is 0 Å². The quantitative estimate of drug-likeness (QED) is 0.739. The minimum Gasteiger partial charge on any atom is -0.352 e. The number of halogens is 2. The van der Waals surface area contributed by atoms with E-state index in [1.807, 2.05) is 0 Å². The molecule has 0 bridgehead atoms. The van der Waals surface area contributed by atoms with Crippen LogP contribution < -0.4 is 10.6 Å². The SMILES string of the molecule is Cc1ccc(CNC(=O)CCCNC(=O)c2ccc(Cl)cc2)cc1F. The summed E-state index contributed by atoms with van der Waals surface area (Å²) in [5.74, 6) is -0.620. The average Bonchev–Trinajstić information content (AvgIpc) is 2.60. The molecule has 2 amide bonds. The number of benzene rings is 2. The Kier molecular flexibility index (Phi) is 6.95. The summed E-state index contributed by atoms with van der Waals surface area (Å²) < 4.78 is 13.4. The van der Waals surface area contributed by atoms with Gasteiger partial charge in [0.15, 0.2) is 0 Å². The monoisotopic (exact) mass is 362 g/mol. The molecule has 4 nitrogen and oxygen atoms in total. The molecule has 2 N–H and O–H groups in total. The van der Waals surface area contributed by atoms with Gasteiger partial charge < -0.3 is 10.6 Å². The fraction of sp³-hybridized carbons (Fsp3) is 0.263. The molecule has 0 heterocycles. The van der Waals surface area contributed by atoms with E-state index in [0.717, 1.165) is 0 Å². The smallest absolute Gasteiger partial charge is 0.251 e. The molecular weight excluding hydrogens is 343 g/mol.